The Labute approximate surface area is 202 Å². The number of ether oxygens (including phenoxy) is 1. The second kappa shape index (κ2) is 11.0. The summed E-state index contributed by atoms with van der Waals surface area (Å²) in [6, 6.07) is 22.5. The molecule has 0 aliphatic heterocycles. The number of hydrogen-bond acceptors (Lipinski definition) is 5. The van der Waals surface area contributed by atoms with Crippen molar-refractivity contribution in [1.82, 2.24) is 20.1 Å². The number of benzene rings is 3. The summed E-state index contributed by atoms with van der Waals surface area (Å²) in [6.07, 6.45) is 0. The smallest absolute Gasteiger partial charge is 0.230 e. The Morgan fingerprint density at radius 1 is 1.00 bits per heavy atom. The molecule has 0 unspecified atom stereocenters. The van der Waals surface area contributed by atoms with Crippen LogP contribution in [0, 0.1) is 19.7 Å². The number of aromatic nitrogens is 3. The zero-order valence-corrected chi connectivity index (χ0v) is 19.8. The highest BCUT2D eigenvalue weighted by molar-refractivity contribution is 7.99. The van der Waals surface area contributed by atoms with E-state index in [4.69, 9.17) is 4.74 Å². The molecule has 0 spiro atoms. The van der Waals surface area contributed by atoms with E-state index in [0.29, 0.717) is 22.1 Å². The number of halogens is 1. The Morgan fingerprint density at radius 2 is 1.76 bits per heavy atom. The zero-order chi connectivity index (χ0) is 23.9. The SMILES string of the molecule is Cc1ccc(CNC(=O)CSc2nnc(COc3ccccc3C)n2-c2ccccc2)cc1F. The molecule has 1 amide bonds. The predicted octanol–water partition coefficient (Wildman–Crippen LogP) is 5.01. The molecule has 6 nitrogen and oxygen atoms in total. The van der Waals surface area contributed by atoms with Gasteiger partial charge in [-0.1, -0.05) is 60.3 Å². The average Bonchev–Trinajstić information content (AvgIpc) is 3.26. The standard InChI is InChI=1S/C26H25FN4O2S/c1-18-12-13-20(14-22(18)27)15-28-25(32)17-34-26-30-29-24(31(26)21-9-4-3-5-10-21)16-33-23-11-7-6-8-19(23)2/h3-14H,15-17H2,1-2H3,(H,28,32). The minimum absolute atomic E-state index is 0.151. The van der Waals surface area contributed by atoms with E-state index in [1.165, 1.54) is 17.8 Å². The number of nitrogens with one attached hydrogen (secondary N) is 1. The molecule has 0 bridgehead atoms. The summed E-state index contributed by atoms with van der Waals surface area (Å²) >= 11 is 1.28. The number of aryl methyl sites for hydroxylation is 2. The van der Waals surface area contributed by atoms with Crippen molar-refractivity contribution in [2.24, 2.45) is 0 Å². The summed E-state index contributed by atoms with van der Waals surface area (Å²) in [5.41, 5.74) is 3.21. The maximum absolute atomic E-state index is 13.7. The fourth-order valence-electron chi connectivity index (χ4n) is 3.31. The van der Waals surface area contributed by atoms with Gasteiger partial charge < -0.3 is 10.1 Å². The lowest BCUT2D eigenvalue weighted by Crippen LogP contribution is -2.24. The van der Waals surface area contributed by atoms with E-state index >= 15 is 0 Å². The summed E-state index contributed by atoms with van der Waals surface area (Å²) < 4.78 is 21.6. The van der Waals surface area contributed by atoms with Gasteiger partial charge in [0.1, 0.15) is 18.2 Å². The second-order valence-electron chi connectivity index (χ2n) is 7.77. The molecule has 174 valence electrons. The third-order valence-electron chi connectivity index (χ3n) is 5.22. The van der Waals surface area contributed by atoms with E-state index in [0.717, 1.165) is 17.0 Å². The molecule has 1 N–H and O–H groups in total. The normalized spacial score (nSPS) is 10.8. The van der Waals surface area contributed by atoms with Gasteiger partial charge in [0.2, 0.25) is 5.91 Å². The topological polar surface area (TPSA) is 69.0 Å². The summed E-state index contributed by atoms with van der Waals surface area (Å²) in [7, 11) is 0. The molecule has 4 rings (SSSR count). The third-order valence-corrected chi connectivity index (χ3v) is 6.15. The number of hydrogen-bond donors (Lipinski definition) is 1. The van der Waals surface area contributed by atoms with Crippen LogP contribution in [0.25, 0.3) is 5.69 Å². The molecule has 1 aromatic heterocycles. The van der Waals surface area contributed by atoms with Crippen molar-refractivity contribution in [3.05, 3.63) is 101 Å². The molecule has 0 atom stereocenters. The Hall–Kier alpha value is -3.65. The van der Waals surface area contributed by atoms with Gasteiger partial charge in [0, 0.05) is 12.2 Å². The molecule has 0 radical (unpaired) electrons. The van der Waals surface area contributed by atoms with Crippen LogP contribution < -0.4 is 10.1 Å². The lowest BCUT2D eigenvalue weighted by molar-refractivity contribution is -0.118. The highest BCUT2D eigenvalue weighted by Gasteiger charge is 2.17. The number of rotatable bonds is 9. The molecular weight excluding hydrogens is 451 g/mol. The highest BCUT2D eigenvalue weighted by atomic mass is 32.2. The quantitative estimate of drug-likeness (QED) is 0.344. The summed E-state index contributed by atoms with van der Waals surface area (Å²) in [5, 5.41) is 12.0. The molecule has 3 aromatic carbocycles. The van der Waals surface area contributed by atoms with E-state index in [9.17, 15) is 9.18 Å². The van der Waals surface area contributed by atoms with Gasteiger partial charge in [0.05, 0.1) is 5.75 Å². The molecular formula is C26H25FN4O2S. The molecule has 1 heterocycles. The minimum atomic E-state index is -0.280. The minimum Gasteiger partial charge on any atom is -0.485 e. The van der Waals surface area contributed by atoms with Crippen molar-refractivity contribution >= 4 is 17.7 Å². The molecule has 0 saturated heterocycles. The molecule has 0 aliphatic rings. The van der Waals surface area contributed by atoms with Crippen molar-refractivity contribution in [3.63, 3.8) is 0 Å². The molecule has 4 aromatic rings. The van der Waals surface area contributed by atoms with Crippen LogP contribution in [0.4, 0.5) is 4.39 Å². The molecule has 0 aliphatic carbocycles. The van der Waals surface area contributed by atoms with Crippen molar-refractivity contribution in [2.45, 2.75) is 32.2 Å². The van der Waals surface area contributed by atoms with Crippen LogP contribution in [0.1, 0.15) is 22.5 Å². The van der Waals surface area contributed by atoms with Gasteiger partial charge >= 0.3 is 0 Å². The first kappa shape index (κ1) is 23.5. The largest absolute Gasteiger partial charge is 0.485 e. The van der Waals surface area contributed by atoms with Crippen molar-refractivity contribution < 1.29 is 13.9 Å². The van der Waals surface area contributed by atoms with Gasteiger partial charge in [0.25, 0.3) is 0 Å². The van der Waals surface area contributed by atoms with Gasteiger partial charge in [-0.15, -0.1) is 10.2 Å². The number of thioether (sulfide) groups is 1. The number of para-hydroxylation sites is 2. The first-order chi connectivity index (χ1) is 16.5. The first-order valence-corrected chi connectivity index (χ1v) is 11.8. The van der Waals surface area contributed by atoms with Crippen molar-refractivity contribution in [1.29, 1.82) is 0 Å². The predicted molar refractivity (Wildman–Crippen MR) is 131 cm³/mol. The molecule has 34 heavy (non-hydrogen) atoms. The average molecular weight is 477 g/mol. The van der Waals surface area contributed by atoms with Gasteiger partial charge in [-0.05, 0) is 54.8 Å². The maximum Gasteiger partial charge on any atom is 0.230 e. The van der Waals surface area contributed by atoms with Crippen LogP contribution in [-0.4, -0.2) is 26.4 Å². The number of carbonyl (C=O) groups excluding carboxylic acids is 1. The van der Waals surface area contributed by atoms with Gasteiger partial charge in [-0.2, -0.15) is 0 Å². The van der Waals surface area contributed by atoms with Crippen LogP contribution in [0.5, 0.6) is 5.75 Å². The fourth-order valence-corrected chi connectivity index (χ4v) is 4.11. The molecule has 8 heteroatoms. The number of amides is 1. The van der Waals surface area contributed by atoms with E-state index in [1.54, 1.807) is 19.1 Å². The van der Waals surface area contributed by atoms with E-state index in [-0.39, 0.29) is 30.6 Å². The van der Waals surface area contributed by atoms with Crippen LogP contribution in [-0.2, 0) is 17.9 Å². The summed E-state index contributed by atoms with van der Waals surface area (Å²) in [6.45, 7) is 4.19. The lowest BCUT2D eigenvalue weighted by atomic mass is 10.1. The van der Waals surface area contributed by atoms with Crippen LogP contribution in [0.3, 0.4) is 0 Å². The van der Waals surface area contributed by atoms with Crippen molar-refractivity contribution in [3.8, 4) is 11.4 Å². The van der Waals surface area contributed by atoms with E-state index in [1.807, 2.05) is 66.1 Å². The highest BCUT2D eigenvalue weighted by Crippen LogP contribution is 2.24. The fraction of sp³-hybridized carbons (Fsp3) is 0.192. The summed E-state index contributed by atoms with van der Waals surface area (Å²) in [4.78, 5) is 12.4. The number of carbonyl (C=O) groups is 1. The Morgan fingerprint density at radius 3 is 2.53 bits per heavy atom. The van der Waals surface area contributed by atoms with Gasteiger partial charge in [0.15, 0.2) is 11.0 Å². The van der Waals surface area contributed by atoms with E-state index in [2.05, 4.69) is 15.5 Å². The lowest BCUT2D eigenvalue weighted by Gasteiger charge is -2.12. The van der Waals surface area contributed by atoms with Crippen LogP contribution >= 0.6 is 11.8 Å². The zero-order valence-electron chi connectivity index (χ0n) is 19.0. The third kappa shape index (κ3) is 5.82. The molecule has 0 fully saturated rings. The summed E-state index contributed by atoms with van der Waals surface area (Å²) in [5.74, 6) is 1.11. The van der Waals surface area contributed by atoms with Crippen molar-refractivity contribution in [2.75, 3.05) is 5.75 Å². The second-order valence-corrected chi connectivity index (χ2v) is 8.72. The van der Waals surface area contributed by atoms with Gasteiger partial charge in [-0.25, -0.2) is 4.39 Å². The maximum atomic E-state index is 13.7. The number of nitrogens with zero attached hydrogens (tertiary/aromatic N) is 3. The van der Waals surface area contributed by atoms with E-state index < -0.39 is 0 Å². The Balaban J connectivity index is 1.44. The van der Waals surface area contributed by atoms with Gasteiger partial charge in [-0.3, -0.25) is 9.36 Å². The van der Waals surface area contributed by atoms with Crippen LogP contribution in [0.15, 0.2) is 78.0 Å². The Bertz CT molecular complexity index is 1280. The monoisotopic (exact) mass is 476 g/mol. The van der Waals surface area contributed by atoms with Crippen LogP contribution in [0.2, 0.25) is 0 Å². The molecule has 0 saturated carbocycles. The Kier molecular flexibility index (Phi) is 7.59. The first-order valence-electron chi connectivity index (χ1n) is 10.8.